The van der Waals surface area contributed by atoms with Gasteiger partial charge in [-0.3, -0.25) is 0 Å². The molecular formula is C18H9ClFNO2S. The lowest BCUT2D eigenvalue weighted by atomic mass is 10.2. The maximum absolute atomic E-state index is 13.0. The predicted molar refractivity (Wildman–Crippen MR) is 93.8 cm³/mol. The fraction of sp³-hybridized carbons (Fsp3) is 0. The van der Waals surface area contributed by atoms with E-state index in [1.807, 2.05) is 24.3 Å². The van der Waals surface area contributed by atoms with E-state index in [2.05, 4.69) is 4.99 Å². The molecule has 0 N–H and O–H groups in total. The normalized spacial score (nSPS) is 15.8. The monoisotopic (exact) mass is 357 g/mol. The maximum atomic E-state index is 13.0. The number of halogens is 2. The van der Waals surface area contributed by atoms with Gasteiger partial charge in [0.25, 0.3) is 0 Å². The Labute approximate surface area is 145 Å². The second-order valence-electron chi connectivity index (χ2n) is 5.13. The number of aliphatic imine (C=N–C) groups is 1. The number of nitrogens with zero attached hydrogens (tertiary/aromatic N) is 1. The number of hydrogen-bond acceptors (Lipinski definition) is 4. The van der Waals surface area contributed by atoms with Crippen molar-refractivity contribution in [3.63, 3.8) is 0 Å². The predicted octanol–water partition coefficient (Wildman–Crippen LogP) is 5.04. The van der Waals surface area contributed by atoms with E-state index in [1.54, 1.807) is 18.2 Å². The standard InChI is InChI=1S/C18H9ClFNO2S/c19-15-12-3-1-2-4-14(12)24-16(15)17-21-13(18(22)23-17)9-10-5-7-11(20)8-6-10/h1-9H. The van der Waals surface area contributed by atoms with E-state index < -0.39 is 5.97 Å². The number of fused-ring (bicyclic) bond motifs is 1. The lowest BCUT2D eigenvalue weighted by Crippen LogP contribution is -2.04. The third kappa shape index (κ3) is 2.62. The van der Waals surface area contributed by atoms with Crippen molar-refractivity contribution < 1.29 is 13.9 Å². The number of hydrogen-bond donors (Lipinski definition) is 0. The SMILES string of the molecule is O=C1OC(c2sc3ccccc3c2Cl)=NC1=Cc1ccc(F)cc1. The fourth-order valence-electron chi connectivity index (χ4n) is 2.37. The van der Waals surface area contributed by atoms with Crippen LogP contribution in [-0.2, 0) is 9.53 Å². The van der Waals surface area contributed by atoms with E-state index in [-0.39, 0.29) is 17.4 Å². The van der Waals surface area contributed by atoms with E-state index in [4.69, 9.17) is 16.3 Å². The Morgan fingerprint density at radius 3 is 2.62 bits per heavy atom. The number of ether oxygens (including phenoxy) is 1. The summed E-state index contributed by atoms with van der Waals surface area (Å²) in [5.41, 5.74) is 0.820. The Kier molecular flexibility index (Phi) is 3.67. The lowest BCUT2D eigenvalue weighted by molar-refractivity contribution is -0.129. The second kappa shape index (κ2) is 5.85. The smallest absolute Gasteiger partial charge is 0.363 e. The van der Waals surface area contributed by atoms with Crippen LogP contribution in [0, 0.1) is 5.82 Å². The minimum absolute atomic E-state index is 0.158. The Bertz CT molecular complexity index is 1020. The second-order valence-corrected chi connectivity index (χ2v) is 6.56. The first-order valence-electron chi connectivity index (χ1n) is 7.07. The van der Waals surface area contributed by atoms with Crippen molar-refractivity contribution >= 4 is 51.0 Å². The minimum atomic E-state index is -0.553. The molecule has 6 heteroatoms. The summed E-state index contributed by atoms with van der Waals surface area (Å²) in [4.78, 5) is 16.9. The van der Waals surface area contributed by atoms with Crippen LogP contribution in [0.1, 0.15) is 10.4 Å². The van der Waals surface area contributed by atoms with Gasteiger partial charge in [-0.2, -0.15) is 0 Å². The van der Waals surface area contributed by atoms with Gasteiger partial charge in [0.2, 0.25) is 5.90 Å². The molecule has 0 saturated carbocycles. The van der Waals surface area contributed by atoms with Crippen molar-refractivity contribution in [2.45, 2.75) is 0 Å². The summed E-state index contributed by atoms with van der Waals surface area (Å²) < 4.78 is 19.2. The van der Waals surface area contributed by atoms with E-state index in [9.17, 15) is 9.18 Å². The number of cyclic esters (lactones) is 1. The Balaban J connectivity index is 1.75. The molecule has 2 aromatic carbocycles. The molecule has 0 spiro atoms. The van der Waals surface area contributed by atoms with Gasteiger partial charge in [0.15, 0.2) is 5.70 Å². The molecule has 3 aromatic rings. The van der Waals surface area contributed by atoms with Crippen LogP contribution in [0.15, 0.2) is 59.2 Å². The van der Waals surface area contributed by atoms with E-state index in [1.165, 1.54) is 23.5 Å². The zero-order valence-electron chi connectivity index (χ0n) is 12.1. The van der Waals surface area contributed by atoms with Crippen LogP contribution in [-0.4, -0.2) is 11.9 Å². The molecule has 2 heterocycles. The first-order chi connectivity index (χ1) is 11.6. The summed E-state index contributed by atoms with van der Waals surface area (Å²) in [7, 11) is 0. The largest absolute Gasteiger partial charge is 0.401 e. The fourth-order valence-corrected chi connectivity index (χ4v) is 3.81. The van der Waals surface area contributed by atoms with Gasteiger partial charge in [0.05, 0.1) is 5.02 Å². The number of carbonyl (C=O) groups excluding carboxylic acids is 1. The molecule has 1 aliphatic rings. The molecule has 3 nitrogen and oxygen atoms in total. The van der Waals surface area contributed by atoms with E-state index in [0.717, 1.165) is 10.1 Å². The van der Waals surface area contributed by atoms with Crippen LogP contribution in [0.25, 0.3) is 16.2 Å². The number of thiophene rings is 1. The van der Waals surface area contributed by atoms with Crippen LogP contribution < -0.4 is 0 Å². The molecule has 0 atom stereocenters. The number of benzene rings is 2. The molecule has 118 valence electrons. The molecular weight excluding hydrogens is 349 g/mol. The van der Waals surface area contributed by atoms with Gasteiger partial charge in [-0.1, -0.05) is 41.9 Å². The van der Waals surface area contributed by atoms with Gasteiger partial charge >= 0.3 is 5.97 Å². The summed E-state index contributed by atoms with van der Waals surface area (Å²) in [6.07, 6.45) is 1.55. The number of rotatable bonds is 2. The van der Waals surface area contributed by atoms with E-state index >= 15 is 0 Å². The molecule has 0 unspecified atom stereocenters. The van der Waals surface area contributed by atoms with Crippen molar-refractivity contribution in [3.05, 3.63) is 75.5 Å². The minimum Gasteiger partial charge on any atom is -0.401 e. The highest BCUT2D eigenvalue weighted by Crippen LogP contribution is 2.37. The van der Waals surface area contributed by atoms with Crippen molar-refractivity contribution in [3.8, 4) is 0 Å². The van der Waals surface area contributed by atoms with E-state index in [0.29, 0.717) is 15.5 Å². The molecule has 0 amide bonds. The Morgan fingerprint density at radius 1 is 1.12 bits per heavy atom. The molecule has 1 aromatic heterocycles. The van der Waals surface area contributed by atoms with Crippen molar-refractivity contribution in [2.24, 2.45) is 4.99 Å². The first kappa shape index (κ1) is 15.1. The average molecular weight is 358 g/mol. The maximum Gasteiger partial charge on any atom is 0.363 e. The topological polar surface area (TPSA) is 38.7 Å². The first-order valence-corrected chi connectivity index (χ1v) is 8.27. The van der Waals surface area contributed by atoms with Gasteiger partial charge in [0, 0.05) is 10.1 Å². The van der Waals surface area contributed by atoms with Crippen LogP contribution in [0.4, 0.5) is 4.39 Å². The quantitative estimate of drug-likeness (QED) is 0.476. The Hall–Kier alpha value is -2.50. The average Bonchev–Trinajstić information content (AvgIpc) is 3.11. The summed E-state index contributed by atoms with van der Waals surface area (Å²) in [6, 6.07) is 13.4. The van der Waals surface area contributed by atoms with Crippen LogP contribution >= 0.6 is 22.9 Å². The van der Waals surface area contributed by atoms with Gasteiger partial charge in [-0.05, 0) is 29.8 Å². The molecule has 1 aliphatic heterocycles. The summed E-state index contributed by atoms with van der Waals surface area (Å²) >= 11 is 7.80. The highest BCUT2D eigenvalue weighted by atomic mass is 35.5. The lowest BCUT2D eigenvalue weighted by Gasteiger charge is -1.95. The molecule has 24 heavy (non-hydrogen) atoms. The van der Waals surface area contributed by atoms with Crippen molar-refractivity contribution in [2.75, 3.05) is 0 Å². The Morgan fingerprint density at radius 2 is 1.88 bits per heavy atom. The zero-order chi connectivity index (χ0) is 16.7. The summed E-state index contributed by atoms with van der Waals surface area (Å²) in [6.45, 7) is 0. The van der Waals surface area contributed by atoms with Crippen LogP contribution in [0.5, 0.6) is 0 Å². The van der Waals surface area contributed by atoms with Crippen LogP contribution in [0.2, 0.25) is 5.02 Å². The zero-order valence-corrected chi connectivity index (χ0v) is 13.7. The highest BCUT2D eigenvalue weighted by molar-refractivity contribution is 7.21. The highest BCUT2D eigenvalue weighted by Gasteiger charge is 2.27. The summed E-state index contributed by atoms with van der Waals surface area (Å²) in [5, 5.41) is 1.42. The van der Waals surface area contributed by atoms with Crippen molar-refractivity contribution in [1.29, 1.82) is 0 Å². The summed E-state index contributed by atoms with van der Waals surface area (Å²) in [5.74, 6) is -0.699. The molecule has 4 rings (SSSR count). The molecule has 0 radical (unpaired) electrons. The number of esters is 1. The van der Waals surface area contributed by atoms with Gasteiger partial charge < -0.3 is 4.74 Å². The number of carbonyl (C=O) groups is 1. The molecule has 0 bridgehead atoms. The van der Waals surface area contributed by atoms with Crippen molar-refractivity contribution in [1.82, 2.24) is 0 Å². The van der Waals surface area contributed by atoms with Crippen LogP contribution in [0.3, 0.4) is 0 Å². The third-order valence-corrected chi connectivity index (χ3v) is 5.19. The van der Waals surface area contributed by atoms with Gasteiger partial charge in [0.1, 0.15) is 10.7 Å². The molecule has 0 fully saturated rings. The van der Waals surface area contributed by atoms with Gasteiger partial charge in [-0.15, -0.1) is 11.3 Å². The molecule has 0 saturated heterocycles. The molecule has 0 aliphatic carbocycles. The third-order valence-electron chi connectivity index (χ3n) is 3.52. The van der Waals surface area contributed by atoms with Gasteiger partial charge in [-0.25, -0.2) is 14.2 Å².